The highest BCUT2D eigenvalue weighted by atomic mass is 31.2. The van der Waals surface area contributed by atoms with Crippen molar-refractivity contribution >= 4 is 19.8 Å². The predicted octanol–water partition coefficient (Wildman–Crippen LogP) is 12.1. The van der Waals surface area contributed by atoms with Gasteiger partial charge in [0.15, 0.2) is 6.10 Å². The van der Waals surface area contributed by atoms with Gasteiger partial charge in [0.2, 0.25) is 0 Å². The molecule has 0 saturated carbocycles. The average Bonchev–Trinajstić information content (AvgIpc) is 3.12. The number of allylic oxidation sites excluding steroid dienone is 6. The lowest BCUT2D eigenvalue weighted by Crippen LogP contribution is -2.37. The van der Waals surface area contributed by atoms with Crippen molar-refractivity contribution in [2.45, 2.75) is 187 Å². The molecule has 0 fully saturated rings. The molecule has 10 heteroatoms. The highest BCUT2D eigenvalue weighted by molar-refractivity contribution is 7.47. The van der Waals surface area contributed by atoms with Crippen molar-refractivity contribution in [1.29, 1.82) is 0 Å². The number of ether oxygens (including phenoxy) is 2. The Labute approximate surface area is 331 Å². The number of hydrogen-bond acceptors (Lipinski definition) is 7. The Hall–Kier alpha value is -1.77. The third-order valence-electron chi connectivity index (χ3n) is 9.14. The van der Waals surface area contributed by atoms with Crippen LogP contribution in [0.3, 0.4) is 0 Å². The van der Waals surface area contributed by atoms with Gasteiger partial charge in [-0.3, -0.25) is 18.6 Å². The summed E-state index contributed by atoms with van der Waals surface area (Å²) >= 11 is 0. The minimum Gasteiger partial charge on any atom is -0.462 e. The number of carbonyl (C=O) groups is 2. The number of nitrogens with zero attached hydrogens (tertiary/aromatic N) is 1. The van der Waals surface area contributed by atoms with E-state index in [1.807, 2.05) is 21.1 Å². The van der Waals surface area contributed by atoms with Gasteiger partial charge < -0.3 is 18.9 Å². The van der Waals surface area contributed by atoms with E-state index >= 15 is 0 Å². The molecule has 0 aromatic heterocycles. The molecule has 0 amide bonds. The van der Waals surface area contributed by atoms with Crippen LogP contribution in [0.1, 0.15) is 181 Å². The summed E-state index contributed by atoms with van der Waals surface area (Å²) in [5, 5.41) is 0. The number of hydrogen-bond donors (Lipinski definition) is 1. The standard InChI is InChI=1S/C44H82NO8P/c1-6-8-10-12-14-16-18-19-20-21-22-23-24-25-27-29-31-33-35-37-44(47)53-42(41-52-54(48,49)51-39-38-45(3,4)5)40-50-43(46)36-34-32-30-28-26-17-15-13-11-9-7-2/h13-16,19-20,42H,6-12,17-18,21-41H2,1-5H3/p+1/b15-13-,16-14-,20-19-. The van der Waals surface area contributed by atoms with Gasteiger partial charge in [-0.1, -0.05) is 140 Å². The molecule has 2 unspecified atom stereocenters. The zero-order chi connectivity index (χ0) is 40.0. The van der Waals surface area contributed by atoms with E-state index in [0.29, 0.717) is 17.4 Å². The summed E-state index contributed by atoms with van der Waals surface area (Å²) in [5.74, 6) is -0.815. The van der Waals surface area contributed by atoms with E-state index in [9.17, 15) is 19.0 Å². The molecule has 0 bridgehead atoms. The number of quaternary nitrogens is 1. The lowest BCUT2D eigenvalue weighted by Gasteiger charge is -2.24. The second-order valence-electron chi connectivity index (χ2n) is 15.7. The molecule has 0 aliphatic rings. The molecule has 0 aromatic rings. The van der Waals surface area contributed by atoms with E-state index in [2.05, 4.69) is 50.3 Å². The van der Waals surface area contributed by atoms with E-state index in [-0.39, 0.29) is 32.0 Å². The summed E-state index contributed by atoms with van der Waals surface area (Å²) < 4.78 is 34.2. The maximum atomic E-state index is 12.7. The smallest absolute Gasteiger partial charge is 0.462 e. The third-order valence-corrected chi connectivity index (χ3v) is 10.1. The van der Waals surface area contributed by atoms with Crippen LogP contribution in [0.4, 0.5) is 0 Å². The zero-order valence-electron chi connectivity index (χ0n) is 35.5. The maximum Gasteiger partial charge on any atom is 0.472 e. The number of rotatable bonds is 39. The molecular formula is C44H83NO8P+. The number of esters is 2. The summed E-state index contributed by atoms with van der Waals surface area (Å²) in [7, 11) is 1.47. The Bertz CT molecular complexity index is 1020. The largest absolute Gasteiger partial charge is 0.472 e. The fourth-order valence-electron chi connectivity index (χ4n) is 5.67. The molecule has 1 N–H and O–H groups in total. The van der Waals surface area contributed by atoms with Gasteiger partial charge in [0.25, 0.3) is 0 Å². The van der Waals surface area contributed by atoms with E-state index in [1.54, 1.807) is 0 Å². The van der Waals surface area contributed by atoms with Crippen LogP contribution in [0.2, 0.25) is 0 Å². The van der Waals surface area contributed by atoms with Crippen molar-refractivity contribution < 1.29 is 42.1 Å². The van der Waals surface area contributed by atoms with Crippen molar-refractivity contribution in [3.05, 3.63) is 36.5 Å². The molecule has 0 aliphatic heterocycles. The molecule has 54 heavy (non-hydrogen) atoms. The van der Waals surface area contributed by atoms with Gasteiger partial charge in [-0.2, -0.15) is 0 Å². The Morgan fingerprint density at radius 2 is 1.02 bits per heavy atom. The number of phosphoric acid groups is 1. The first kappa shape index (κ1) is 52.2. The monoisotopic (exact) mass is 785 g/mol. The lowest BCUT2D eigenvalue weighted by molar-refractivity contribution is -0.870. The van der Waals surface area contributed by atoms with Crippen LogP contribution >= 0.6 is 7.82 Å². The second-order valence-corrected chi connectivity index (χ2v) is 17.2. The van der Waals surface area contributed by atoms with E-state index in [1.165, 1.54) is 70.6 Å². The Balaban J connectivity index is 4.34. The van der Waals surface area contributed by atoms with Crippen LogP contribution in [-0.2, 0) is 32.7 Å². The van der Waals surface area contributed by atoms with Crippen LogP contribution < -0.4 is 0 Å². The number of likely N-dealkylation sites (N-methyl/N-ethyl adjacent to an activating group) is 1. The quantitative estimate of drug-likeness (QED) is 0.0216. The first-order chi connectivity index (χ1) is 26.0. The minimum absolute atomic E-state index is 0.0293. The molecule has 9 nitrogen and oxygen atoms in total. The molecule has 2 atom stereocenters. The van der Waals surface area contributed by atoms with Gasteiger partial charge in [0.05, 0.1) is 27.7 Å². The first-order valence-corrected chi connectivity index (χ1v) is 23.2. The minimum atomic E-state index is -4.37. The van der Waals surface area contributed by atoms with Crippen molar-refractivity contribution in [3.63, 3.8) is 0 Å². The van der Waals surface area contributed by atoms with Crippen LogP contribution in [0.5, 0.6) is 0 Å². The third kappa shape index (κ3) is 39.9. The van der Waals surface area contributed by atoms with Crippen LogP contribution in [-0.4, -0.2) is 74.9 Å². The number of unbranched alkanes of at least 4 members (excludes halogenated alkanes) is 19. The van der Waals surface area contributed by atoms with E-state index < -0.39 is 26.5 Å². The SMILES string of the molecule is CCCC/C=C\CCCCCCCC(=O)OCC(COP(=O)(O)OCC[N+](C)(C)C)OC(=O)CCCCCCCCCCC/C=C\C/C=C\CCCCC. The van der Waals surface area contributed by atoms with Crippen LogP contribution in [0.15, 0.2) is 36.5 Å². The fraction of sp³-hybridized carbons (Fsp3) is 0.818. The summed E-state index contributed by atoms with van der Waals surface area (Å²) in [4.78, 5) is 35.3. The molecule has 0 aromatic carbocycles. The van der Waals surface area contributed by atoms with Crippen molar-refractivity contribution in [2.75, 3.05) is 47.5 Å². The van der Waals surface area contributed by atoms with Gasteiger partial charge in [-0.25, -0.2) is 4.57 Å². The van der Waals surface area contributed by atoms with Gasteiger partial charge >= 0.3 is 19.8 Å². The molecule has 0 spiro atoms. The Morgan fingerprint density at radius 3 is 1.54 bits per heavy atom. The highest BCUT2D eigenvalue weighted by Gasteiger charge is 2.27. The van der Waals surface area contributed by atoms with Gasteiger partial charge in [0.1, 0.15) is 19.8 Å². The van der Waals surface area contributed by atoms with Crippen molar-refractivity contribution in [1.82, 2.24) is 0 Å². The fourth-order valence-corrected chi connectivity index (χ4v) is 6.41. The summed E-state index contributed by atoms with van der Waals surface area (Å²) in [6, 6.07) is 0. The lowest BCUT2D eigenvalue weighted by atomic mass is 10.1. The van der Waals surface area contributed by atoms with Crippen molar-refractivity contribution in [3.8, 4) is 0 Å². The number of carbonyl (C=O) groups excluding carboxylic acids is 2. The van der Waals surface area contributed by atoms with Gasteiger partial charge in [-0.15, -0.1) is 0 Å². The normalized spacial score (nSPS) is 14.0. The zero-order valence-corrected chi connectivity index (χ0v) is 36.3. The number of phosphoric ester groups is 1. The molecule has 316 valence electrons. The molecule has 0 radical (unpaired) electrons. The molecular weight excluding hydrogens is 701 g/mol. The molecule has 0 saturated heterocycles. The summed E-state index contributed by atoms with van der Waals surface area (Å²) in [6.45, 7) is 4.34. The Kier molecular flexibility index (Phi) is 35.6. The first-order valence-electron chi connectivity index (χ1n) is 21.7. The highest BCUT2D eigenvalue weighted by Crippen LogP contribution is 2.43. The predicted molar refractivity (Wildman–Crippen MR) is 224 cm³/mol. The molecule has 0 rings (SSSR count). The van der Waals surface area contributed by atoms with Crippen LogP contribution in [0.25, 0.3) is 0 Å². The summed E-state index contributed by atoms with van der Waals surface area (Å²) in [5.41, 5.74) is 0. The van der Waals surface area contributed by atoms with Crippen molar-refractivity contribution in [2.24, 2.45) is 0 Å². The van der Waals surface area contributed by atoms with Crippen LogP contribution in [0, 0.1) is 0 Å². The van der Waals surface area contributed by atoms with Gasteiger partial charge in [-0.05, 0) is 64.2 Å². The second kappa shape index (κ2) is 36.8. The topological polar surface area (TPSA) is 108 Å². The maximum absolute atomic E-state index is 12.7. The Morgan fingerprint density at radius 1 is 0.574 bits per heavy atom. The molecule has 0 heterocycles. The van der Waals surface area contributed by atoms with E-state index in [4.69, 9.17) is 18.5 Å². The van der Waals surface area contributed by atoms with Gasteiger partial charge in [0, 0.05) is 12.8 Å². The molecule has 0 aliphatic carbocycles. The summed E-state index contributed by atoms with van der Waals surface area (Å²) in [6.07, 6.45) is 40.4. The van der Waals surface area contributed by atoms with E-state index in [0.717, 1.165) is 77.0 Å². The average molecular weight is 785 g/mol.